The lowest BCUT2D eigenvalue weighted by atomic mass is 9.92. The molecule has 31 heavy (non-hydrogen) atoms. The highest BCUT2D eigenvalue weighted by atomic mass is 16.5. The van der Waals surface area contributed by atoms with Gasteiger partial charge in [-0.3, -0.25) is 0 Å². The average molecular weight is 414 g/mol. The molecule has 0 fully saturated rings. The fourth-order valence-electron chi connectivity index (χ4n) is 3.45. The SMILES string of the molecule is COC(=O)C1=C(c2ccccc2)NC(=O)NC1c1ccc(Oc2ccc(C)cc2)cc1. The zero-order valence-electron chi connectivity index (χ0n) is 17.2. The Kier molecular flexibility index (Phi) is 5.71. The van der Waals surface area contributed by atoms with Crippen LogP contribution in [0.5, 0.6) is 11.5 Å². The lowest BCUT2D eigenvalue weighted by Crippen LogP contribution is -2.45. The third-order valence-electron chi connectivity index (χ3n) is 5.01. The largest absolute Gasteiger partial charge is 0.466 e. The Bertz CT molecular complexity index is 1120. The van der Waals surface area contributed by atoms with Gasteiger partial charge in [-0.15, -0.1) is 0 Å². The molecule has 0 saturated heterocycles. The van der Waals surface area contributed by atoms with Gasteiger partial charge in [0.15, 0.2) is 0 Å². The van der Waals surface area contributed by atoms with Crippen molar-refractivity contribution in [3.8, 4) is 11.5 Å². The highest BCUT2D eigenvalue weighted by Crippen LogP contribution is 2.33. The quantitative estimate of drug-likeness (QED) is 0.592. The minimum Gasteiger partial charge on any atom is -0.466 e. The number of benzene rings is 3. The molecule has 6 heteroatoms. The number of hydrogen-bond acceptors (Lipinski definition) is 4. The lowest BCUT2D eigenvalue weighted by molar-refractivity contribution is -0.136. The molecule has 4 rings (SSSR count). The van der Waals surface area contributed by atoms with E-state index in [0.717, 1.165) is 22.4 Å². The summed E-state index contributed by atoms with van der Waals surface area (Å²) in [6, 6.07) is 23.2. The third kappa shape index (κ3) is 4.43. The first-order valence-corrected chi connectivity index (χ1v) is 9.85. The second-order valence-corrected chi connectivity index (χ2v) is 7.16. The van der Waals surface area contributed by atoms with E-state index in [4.69, 9.17) is 9.47 Å². The van der Waals surface area contributed by atoms with Crippen molar-refractivity contribution in [2.75, 3.05) is 7.11 Å². The number of nitrogens with one attached hydrogen (secondary N) is 2. The van der Waals surface area contributed by atoms with Crippen molar-refractivity contribution < 1.29 is 19.1 Å². The van der Waals surface area contributed by atoms with E-state index in [9.17, 15) is 9.59 Å². The summed E-state index contributed by atoms with van der Waals surface area (Å²) in [6.07, 6.45) is 0. The van der Waals surface area contributed by atoms with Gasteiger partial charge in [0.25, 0.3) is 0 Å². The molecular weight excluding hydrogens is 392 g/mol. The molecular formula is C25H22N2O4. The van der Waals surface area contributed by atoms with Gasteiger partial charge in [0, 0.05) is 0 Å². The fourth-order valence-corrected chi connectivity index (χ4v) is 3.45. The van der Waals surface area contributed by atoms with E-state index in [1.165, 1.54) is 7.11 Å². The molecule has 156 valence electrons. The summed E-state index contributed by atoms with van der Waals surface area (Å²) in [5, 5.41) is 5.57. The van der Waals surface area contributed by atoms with Crippen molar-refractivity contribution in [2.45, 2.75) is 13.0 Å². The monoisotopic (exact) mass is 414 g/mol. The number of urea groups is 1. The molecule has 1 atom stereocenters. The highest BCUT2D eigenvalue weighted by Gasteiger charge is 2.34. The summed E-state index contributed by atoms with van der Waals surface area (Å²) < 4.78 is 10.9. The van der Waals surface area contributed by atoms with E-state index in [1.54, 1.807) is 12.1 Å². The molecule has 0 aliphatic carbocycles. The van der Waals surface area contributed by atoms with Crippen molar-refractivity contribution in [3.63, 3.8) is 0 Å². The van der Waals surface area contributed by atoms with Crippen LogP contribution in [0.25, 0.3) is 5.70 Å². The molecule has 1 unspecified atom stereocenters. The van der Waals surface area contributed by atoms with Gasteiger partial charge in [-0.25, -0.2) is 9.59 Å². The molecule has 1 heterocycles. The number of esters is 1. The van der Waals surface area contributed by atoms with Gasteiger partial charge < -0.3 is 20.1 Å². The van der Waals surface area contributed by atoms with Crippen LogP contribution >= 0.6 is 0 Å². The number of rotatable bonds is 5. The summed E-state index contributed by atoms with van der Waals surface area (Å²) in [4.78, 5) is 25.1. The first-order chi connectivity index (χ1) is 15.0. The van der Waals surface area contributed by atoms with E-state index in [1.807, 2.05) is 73.7 Å². The Morgan fingerprint density at radius 3 is 2.10 bits per heavy atom. The van der Waals surface area contributed by atoms with Crippen LogP contribution in [0, 0.1) is 6.92 Å². The molecule has 0 spiro atoms. The molecule has 2 amide bonds. The average Bonchev–Trinajstić information content (AvgIpc) is 2.80. The second kappa shape index (κ2) is 8.75. The molecule has 3 aromatic rings. The standard InChI is InChI=1S/C25H22N2O4/c1-16-8-12-19(13-9-16)31-20-14-10-18(11-15-20)23-21(24(28)30-2)22(26-25(29)27-23)17-6-4-3-5-7-17/h3-15,23H,1-2H3,(H2,26,27,29). The van der Waals surface area contributed by atoms with E-state index < -0.39 is 18.0 Å². The van der Waals surface area contributed by atoms with Crippen LogP contribution in [-0.4, -0.2) is 19.1 Å². The van der Waals surface area contributed by atoms with Gasteiger partial charge in [0.05, 0.1) is 24.4 Å². The normalized spacial score (nSPS) is 15.7. The predicted molar refractivity (Wildman–Crippen MR) is 117 cm³/mol. The molecule has 0 aromatic heterocycles. The number of ether oxygens (including phenoxy) is 2. The lowest BCUT2D eigenvalue weighted by Gasteiger charge is -2.29. The second-order valence-electron chi connectivity index (χ2n) is 7.16. The molecule has 6 nitrogen and oxygen atoms in total. The molecule has 0 radical (unpaired) electrons. The number of aryl methyl sites for hydroxylation is 1. The van der Waals surface area contributed by atoms with Gasteiger partial charge >= 0.3 is 12.0 Å². The third-order valence-corrected chi connectivity index (χ3v) is 5.01. The molecule has 3 aromatic carbocycles. The zero-order valence-corrected chi connectivity index (χ0v) is 17.2. The molecule has 1 aliphatic rings. The highest BCUT2D eigenvalue weighted by molar-refractivity contribution is 6.04. The van der Waals surface area contributed by atoms with Gasteiger partial charge in [0.1, 0.15) is 11.5 Å². The molecule has 0 bridgehead atoms. The van der Waals surface area contributed by atoms with Crippen LogP contribution < -0.4 is 15.4 Å². The smallest absolute Gasteiger partial charge is 0.338 e. The number of amides is 2. The van der Waals surface area contributed by atoms with Crippen molar-refractivity contribution in [1.29, 1.82) is 0 Å². The fraction of sp³-hybridized carbons (Fsp3) is 0.120. The maximum Gasteiger partial charge on any atom is 0.338 e. The maximum absolute atomic E-state index is 12.7. The van der Waals surface area contributed by atoms with Gasteiger partial charge in [-0.2, -0.15) is 0 Å². The number of carbonyl (C=O) groups excluding carboxylic acids is 2. The first-order valence-electron chi connectivity index (χ1n) is 9.85. The topological polar surface area (TPSA) is 76.7 Å². The van der Waals surface area contributed by atoms with E-state index in [0.29, 0.717) is 17.0 Å². The van der Waals surface area contributed by atoms with Crippen molar-refractivity contribution >= 4 is 17.7 Å². The van der Waals surface area contributed by atoms with Gasteiger partial charge in [0.2, 0.25) is 0 Å². The van der Waals surface area contributed by atoms with Crippen LogP contribution in [0.15, 0.2) is 84.4 Å². The minimum absolute atomic E-state index is 0.334. The van der Waals surface area contributed by atoms with E-state index >= 15 is 0 Å². The Morgan fingerprint density at radius 1 is 0.871 bits per heavy atom. The van der Waals surface area contributed by atoms with E-state index in [2.05, 4.69) is 10.6 Å². The summed E-state index contributed by atoms with van der Waals surface area (Å²) in [6.45, 7) is 2.02. The van der Waals surface area contributed by atoms with Crippen LogP contribution in [0.1, 0.15) is 22.7 Å². The Morgan fingerprint density at radius 2 is 1.48 bits per heavy atom. The summed E-state index contributed by atoms with van der Waals surface area (Å²) in [5.41, 5.74) is 3.38. The Hall–Kier alpha value is -4.06. The number of hydrogen-bond donors (Lipinski definition) is 2. The predicted octanol–water partition coefficient (Wildman–Crippen LogP) is 4.73. The van der Waals surface area contributed by atoms with Crippen LogP contribution in [-0.2, 0) is 9.53 Å². The molecule has 2 N–H and O–H groups in total. The summed E-state index contributed by atoms with van der Waals surface area (Å²) >= 11 is 0. The van der Waals surface area contributed by atoms with Crippen molar-refractivity contribution in [1.82, 2.24) is 10.6 Å². The first kappa shape index (κ1) is 20.2. The van der Waals surface area contributed by atoms with E-state index in [-0.39, 0.29) is 0 Å². The minimum atomic E-state index is -0.662. The van der Waals surface area contributed by atoms with Gasteiger partial charge in [-0.1, -0.05) is 60.2 Å². The zero-order chi connectivity index (χ0) is 21.8. The van der Waals surface area contributed by atoms with Gasteiger partial charge in [-0.05, 0) is 42.3 Å². The van der Waals surface area contributed by atoms with Crippen LogP contribution in [0.2, 0.25) is 0 Å². The van der Waals surface area contributed by atoms with Crippen LogP contribution in [0.3, 0.4) is 0 Å². The Labute approximate surface area is 180 Å². The summed E-state index contributed by atoms with van der Waals surface area (Å²) in [7, 11) is 1.32. The summed E-state index contributed by atoms with van der Waals surface area (Å²) in [5.74, 6) is 0.867. The molecule has 1 aliphatic heterocycles. The van der Waals surface area contributed by atoms with Crippen molar-refractivity contribution in [2.24, 2.45) is 0 Å². The molecule has 0 saturated carbocycles. The Balaban J connectivity index is 1.68. The number of methoxy groups -OCH3 is 1. The van der Waals surface area contributed by atoms with Crippen molar-refractivity contribution in [3.05, 3.63) is 101 Å². The maximum atomic E-state index is 12.7. The number of carbonyl (C=O) groups is 2. The van der Waals surface area contributed by atoms with Crippen LogP contribution in [0.4, 0.5) is 4.79 Å².